The number of furan rings is 1. The highest BCUT2D eigenvalue weighted by atomic mass is 16.3. The van der Waals surface area contributed by atoms with Crippen molar-refractivity contribution in [2.45, 2.75) is 18.9 Å². The van der Waals surface area contributed by atoms with Gasteiger partial charge in [-0.1, -0.05) is 0 Å². The zero-order chi connectivity index (χ0) is 7.84. The molecule has 60 valence electrons. The second kappa shape index (κ2) is 2.27. The van der Waals surface area contributed by atoms with E-state index in [9.17, 15) is 0 Å². The van der Waals surface area contributed by atoms with Crippen LogP contribution in [-0.2, 0) is 0 Å². The summed E-state index contributed by atoms with van der Waals surface area (Å²) >= 11 is 0. The molecule has 4 N–H and O–H groups in total. The first kappa shape index (κ1) is 6.73. The fourth-order valence-electron chi connectivity index (χ4n) is 1.27. The summed E-state index contributed by atoms with van der Waals surface area (Å²) in [5, 5.41) is 0. The molecule has 0 amide bonds. The van der Waals surface area contributed by atoms with Crippen LogP contribution < -0.4 is 11.5 Å². The van der Waals surface area contributed by atoms with Gasteiger partial charge in [0.05, 0.1) is 6.26 Å². The van der Waals surface area contributed by atoms with E-state index < -0.39 is 0 Å². The van der Waals surface area contributed by atoms with Crippen LogP contribution in [0.2, 0.25) is 0 Å². The topological polar surface area (TPSA) is 65.2 Å². The molecule has 0 bridgehead atoms. The van der Waals surface area contributed by atoms with Gasteiger partial charge in [-0.2, -0.15) is 0 Å². The molecule has 3 nitrogen and oxygen atoms in total. The van der Waals surface area contributed by atoms with Gasteiger partial charge < -0.3 is 15.9 Å². The van der Waals surface area contributed by atoms with Crippen molar-refractivity contribution < 1.29 is 4.42 Å². The van der Waals surface area contributed by atoms with Gasteiger partial charge in [0, 0.05) is 17.7 Å². The third-order valence-corrected chi connectivity index (χ3v) is 2.15. The Morgan fingerprint density at radius 3 is 2.73 bits per heavy atom. The van der Waals surface area contributed by atoms with E-state index in [1.54, 1.807) is 6.26 Å². The Bertz CT molecular complexity index is 252. The molecule has 1 aromatic heterocycles. The Labute approximate surface area is 65.4 Å². The molecule has 0 radical (unpaired) electrons. The van der Waals surface area contributed by atoms with Crippen LogP contribution in [0.4, 0.5) is 5.88 Å². The first-order chi connectivity index (χ1) is 5.27. The lowest BCUT2D eigenvalue weighted by molar-refractivity contribution is 0.566. The summed E-state index contributed by atoms with van der Waals surface area (Å²) in [6, 6.07) is 1.94. The van der Waals surface area contributed by atoms with Gasteiger partial charge in [-0.05, 0) is 18.8 Å². The zero-order valence-corrected chi connectivity index (χ0v) is 6.29. The molecule has 1 aliphatic carbocycles. The average molecular weight is 152 g/mol. The second-order valence-corrected chi connectivity index (χ2v) is 3.15. The van der Waals surface area contributed by atoms with Crippen LogP contribution in [-0.4, -0.2) is 0 Å². The van der Waals surface area contributed by atoms with Crippen molar-refractivity contribution in [1.29, 1.82) is 0 Å². The fraction of sp³-hybridized carbons (Fsp3) is 0.500. The van der Waals surface area contributed by atoms with Crippen LogP contribution >= 0.6 is 0 Å². The monoisotopic (exact) mass is 152 g/mol. The van der Waals surface area contributed by atoms with Crippen LogP contribution in [0.15, 0.2) is 16.7 Å². The van der Waals surface area contributed by atoms with E-state index in [1.807, 2.05) is 6.07 Å². The van der Waals surface area contributed by atoms with Crippen molar-refractivity contribution in [2.75, 3.05) is 5.73 Å². The molecule has 1 saturated carbocycles. The minimum atomic E-state index is 0.135. The van der Waals surface area contributed by atoms with Crippen LogP contribution in [0.5, 0.6) is 0 Å². The molecule has 11 heavy (non-hydrogen) atoms. The Balaban J connectivity index is 2.14. The van der Waals surface area contributed by atoms with E-state index in [2.05, 4.69) is 0 Å². The quantitative estimate of drug-likeness (QED) is 0.670. The maximum Gasteiger partial charge on any atom is 0.190 e. The number of nitrogens with two attached hydrogens (primary N) is 2. The second-order valence-electron chi connectivity index (χ2n) is 3.15. The summed E-state index contributed by atoms with van der Waals surface area (Å²) < 4.78 is 4.96. The summed E-state index contributed by atoms with van der Waals surface area (Å²) in [6.07, 6.45) is 4.14. The third-order valence-electron chi connectivity index (χ3n) is 2.15. The highest BCUT2D eigenvalue weighted by Gasteiger charge is 2.30. The van der Waals surface area contributed by atoms with Gasteiger partial charge in [-0.3, -0.25) is 0 Å². The molecule has 1 atom stereocenters. The third kappa shape index (κ3) is 1.24. The van der Waals surface area contributed by atoms with Gasteiger partial charge in [0.15, 0.2) is 5.88 Å². The van der Waals surface area contributed by atoms with E-state index in [4.69, 9.17) is 15.9 Å². The van der Waals surface area contributed by atoms with E-state index in [-0.39, 0.29) is 6.04 Å². The molecule has 3 heteroatoms. The summed E-state index contributed by atoms with van der Waals surface area (Å²) in [5.74, 6) is 1.11. The summed E-state index contributed by atoms with van der Waals surface area (Å²) in [7, 11) is 0. The molecule has 0 saturated heterocycles. The average Bonchev–Trinajstić information content (AvgIpc) is 2.74. The van der Waals surface area contributed by atoms with Crippen LogP contribution in [0.25, 0.3) is 0 Å². The van der Waals surface area contributed by atoms with Crippen LogP contribution in [0, 0.1) is 5.92 Å². The van der Waals surface area contributed by atoms with Gasteiger partial charge >= 0.3 is 0 Å². The van der Waals surface area contributed by atoms with Crippen molar-refractivity contribution in [3.05, 3.63) is 17.9 Å². The number of hydrogen-bond donors (Lipinski definition) is 2. The van der Waals surface area contributed by atoms with Crippen LogP contribution in [0.1, 0.15) is 24.4 Å². The summed E-state index contributed by atoms with van der Waals surface area (Å²) in [6.45, 7) is 0. The lowest BCUT2D eigenvalue weighted by Gasteiger charge is -2.04. The van der Waals surface area contributed by atoms with Crippen molar-refractivity contribution in [2.24, 2.45) is 11.7 Å². The Morgan fingerprint density at radius 1 is 1.55 bits per heavy atom. The minimum absolute atomic E-state index is 0.135. The number of anilines is 1. The van der Waals surface area contributed by atoms with Crippen molar-refractivity contribution in [3.63, 3.8) is 0 Å². The number of nitrogen functional groups attached to an aromatic ring is 1. The van der Waals surface area contributed by atoms with Gasteiger partial charge in [-0.25, -0.2) is 0 Å². The fourth-order valence-corrected chi connectivity index (χ4v) is 1.27. The molecule has 1 heterocycles. The van der Waals surface area contributed by atoms with Crippen molar-refractivity contribution >= 4 is 5.88 Å². The van der Waals surface area contributed by atoms with Crippen LogP contribution in [0.3, 0.4) is 0 Å². The molecule has 0 unspecified atom stereocenters. The molecular weight excluding hydrogens is 140 g/mol. The predicted molar refractivity (Wildman–Crippen MR) is 42.8 cm³/mol. The van der Waals surface area contributed by atoms with Gasteiger partial charge in [0.25, 0.3) is 0 Å². The highest BCUT2D eigenvalue weighted by Crippen LogP contribution is 2.39. The molecule has 1 aromatic rings. The Hall–Kier alpha value is -0.960. The Kier molecular flexibility index (Phi) is 1.39. The molecule has 1 fully saturated rings. The number of hydrogen-bond acceptors (Lipinski definition) is 3. The van der Waals surface area contributed by atoms with E-state index in [1.165, 1.54) is 12.8 Å². The maximum absolute atomic E-state index is 5.90. The van der Waals surface area contributed by atoms with E-state index >= 15 is 0 Å². The van der Waals surface area contributed by atoms with E-state index in [0.29, 0.717) is 11.8 Å². The van der Waals surface area contributed by atoms with E-state index in [0.717, 1.165) is 5.56 Å². The SMILES string of the molecule is Nc1cc([C@H](N)C2CC2)co1. The van der Waals surface area contributed by atoms with Gasteiger partial charge in [0.1, 0.15) is 0 Å². The van der Waals surface area contributed by atoms with Gasteiger partial charge in [-0.15, -0.1) is 0 Å². The highest BCUT2D eigenvalue weighted by molar-refractivity contribution is 5.31. The number of rotatable bonds is 2. The smallest absolute Gasteiger partial charge is 0.190 e. The van der Waals surface area contributed by atoms with Crippen molar-refractivity contribution in [1.82, 2.24) is 0 Å². The first-order valence-corrected chi connectivity index (χ1v) is 3.87. The Morgan fingerprint density at radius 2 is 2.27 bits per heavy atom. The van der Waals surface area contributed by atoms with Gasteiger partial charge in [0.2, 0.25) is 0 Å². The minimum Gasteiger partial charge on any atom is -0.449 e. The first-order valence-electron chi connectivity index (χ1n) is 3.87. The normalized spacial score (nSPS) is 20.1. The maximum atomic E-state index is 5.90. The molecule has 0 aliphatic heterocycles. The largest absolute Gasteiger partial charge is 0.449 e. The van der Waals surface area contributed by atoms with Crippen molar-refractivity contribution in [3.8, 4) is 0 Å². The standard InChI is InChI=1S/C8H12N2O/c9-7-3-6(4-11-7)8(10)5-1-2-5/h3-5,8H,1-2,9-10H2/t8-/m1/s1. The lowest BCUT2D eigenvalue weighted by Crippen LogP contribution is -2.10. The molecule has 0 spiro atoms. The molecule has 0 aromatic carbocycles. The lowest BCUT2D eigenvalue weighted by atomic mass is 10.1. The zero-order valence-electron chi connectivity index (χ0n) is 6.29. The summed E-state index contributed by atoms with van der Waals surface area (Å²) in [4.78, 5) is 0. The molecule has 1 aliphatic rings. The molecular formula is C8H12N2O. The molecule has 2 rings (SSSR count). The predicted octanol–water partition coefficient (Wildman–Crippen LogP) is 1.27. The summed E-state index contributed by atoms with van der Waals surface area (Å²) in [5.41, 5.74) is 12.3.